The quantitative estimate of drug-likeness (QED) is 0.764. The number of aryl methyl sites for hydroxylation is 1. The van der Waals surface area contributed by atoms with Crippen LogP contribution in [-0.2, 0) is 6.42 Å². The van der Waals surface area contributed by atoms with Crippen LogP contribution < -0.4 is 0 Å². The second-order valence-corrected chi connectivity index (χ2v) is 5.21. The molecule has 3 heteroatoms. The number of aromatic nitrogens is 2. The Morgan fingerprint density at radius 1 is 1.00 bits per heavy atom. The first-order chi connectivity index (χ1) is 10.8. The molecule has 2 aromatic carbocycles. The Kier molecular flexibility index (Phi) is 4.02. The summed E-state index contributed by atoms with van der Waals surface area (Å²) in [6, 6.07) is 19.9. The summed E-state index contributed by atoms with van der Waals surface area (Å²) in [5.41, 5.74) is 4.99. The molecule has 0 saturated carbocycles. The number of rotatable bonds is 4. The van der Waals surface area contributed by atoms with Gasteiger partial charge in [-0.3, -0.25) is 0 Å². The van der Waals surface area contributed by atoms with Gasteiger partial charge in [-0.05, 0) is 36.2 Å². The van der Waals surface area contributed by atoms with E-state index in [0.29, 0.717) is 5.56 Å². The predicted molar refractivity (Wildman–Crippen MR) is 88.2 cm³/mol. The number of hydrogen-bond donors (Lipinski definition) is 1. The zero-order valence-corrected chi connectivity index (χ0v) is 12.5. The summed E-state index contributed by atoms with van der Waals surface area (Å²) in [6.07, 6.45) is 1.99. The molecule has 0 radical (unpaired) electrons. The minimum atomic E-state index is 0.660. The van der Waals surface area contributed by atoms with E-state index in [1.54, 1.807) is 0 Å². The van der Waals surface area contributed by atoms with Crippen molar-refractivity contribution >= 4 is 0 Å². The van der Waals surface area contributed by atoms with Crippen molar-refractivity contribution in [3.8, 4) is 28.7 Å². The molecule has 1 N–H and O–H groups in total. The molecular weight excluding hydrogens is 270 g/mol. The summed E-state index contributed by atoms with van der Waals surface area (Å²) in [6.45, 7) is 2.16. The van der Waals surface area contributed by atoms with Gasteiger partial charge in [-0.15, -0.1) is 0 Å². The zero-order chi connectivity index (χ0) is 15.4. The van der Waals surface area contributed by atoms with Gasteiger partial charge in [0.1, 0.15) is 5.82 Å². The minimum Gasteiger partial charge on any atom is -0.338 e. The van der Waals surface area contributed by atoms with Gasteiger partial charge < -0.3 is 4.98 Å². The molecule has 0 aliphatic heterocycles. The first kappa shape index (κ1) is 14.1. The fraction of sp³-hybridized carbons (Fsp3) is 0.158. The van der Waals surface area contributed by atoms with Crippen LogP contribution in [0.15, 0.2) is 54.6 Å². The van der Waals surface area contributed by atoms with Crippen LogP contribution >= 0.6 is 0 Å². The van der Waals surface area contributed by atoms with Crippen LogP contribution in [-0.4, -0.2) is 9.97 Å². The van der Waals surface area contributed by atoms with E-state index in [0.717, 1.165) is 41.2 Å². The number of nitriles is 1. The molecule has 108 valence electrons. The monoisotopic (exact) mass is 287 g/mol. The highest BCUT2D eigenvalue weighted by Crippen LogP contribution is 2.27. The Balaban J connectivity index is 2.04. The van der Waals surface area contributed by atoms with E-state index in [2.05, 4.69) is 30.1 Å². The van der Waals surface area contributed by atoms with Crippen LogP contribution in [0.2, 0.25) is 0 Å². The second kappa shape index (κ2) is 6.28. The van der Waals surface area contributed by atoms with Crippen molar-refractivity contribution in [1.82, 2.24) is 9.97 Å². The number of nitrogens with zero attached hydrogens (tertiary/aromatic N) is 2. The van der Waals surface area contributed by atoms with Gasteiger partial charge in [0.25, 0.3) is 0 Å². The van der Waals surface area contributed by atoms with Crippen LogP contribution in [0.5, 0.6) is 0 Å². The average Bonchev–Trinajstić information content (AvgIpc) is 3.00. The lowest BCUT2D eigenvalue weighted by molar-refractivity contribution is 0.895. The molecule has 0 aliphatic carbocycles. The van der Waals surface area contributed by atoms with Gasteiger partial charge in [0.15, 0.2) is 0 Å². The van der Waals surface area contributed by atoms with Crippen LogP contribution in [0.3, 0.4) is 0 Å². The molecule has 0 atom stereocenters. The summed E-state index contributed by atoms with van der Waals surface area (Å²) in [7, 11) is 0. The van der Waals surface area contributed by atoms with Crippen LogP contribution in [0.25, 0.3) is 22.6 Å². The topological polar surface area (TPSA) is 52.5 Å². The Labute approximate surface area is 130 Å². The average molecular weight is 287 g/mol. The molecule has 0 amide bonds. The van der Waals surface area contributed by atoms with Gasteiger partial charge in [-0.1, -0.05) is 43.7 Å². The number of hydrogen-bond acceptors (Lipinski definition) is 2. The number of nitrogens with one attached hydrogen (secondary N) is 1. The molecule has 22 heavy (non-hydrogen) atoms. The minimum absolute atomic E-state index is 0.660. The third-order valence-corrected chi connectivity index (χ3v) is 3.62. The summed E-state index contributed by atoms with van der Waals surface area (Å²) < 4.78 is 0. The van der Waals surface area contributed by atoms with Crippen molar-refractivity contribution in [3.05, 3.63) is 65.9 Å². The second-order valence-electron chi connectivity index (χ2n) is 5.21. The molecule has 3 aromatic rings. The van der Waals surface area contributed by atoms with Crippen LogP contribution in [0.4, 0.5) is 0 Å². The Morgan fingerprint density at radius 2 is 1.73 bits per heavy atom. The van der Waals surface area contributed by atoms with Crippen molar-refractivity contribution in [3.63, 3.8) is 0 Å². The summed E-state index contributed by atoms with van der Waals surface area (Å²) in [5.74, 6) is 0.854. The maximum Gasteiger partial charge on any atom is 0.138 e. The maximum absolute atomic E-state index is 8.89. The van der Waals surface area contributed by atoms with Crippen LogP contribution in [0, 0.1) is 11.3 Å². The summed E-state index contributed by atoms with van der Waals surface area (Å²) in [4.78, 5) is 8.21. The molecule has 1 heterocycles. The fourth-order valence-corrected chi connectivity index (χ4v) is 2.51. The molecule has 3 rings (SSSR count). The summed E-state index contributed by atoms with van der Waals surface area (Å²) >= 11 is 0. The van der Waals surface area contributed by atoms with E-state index in [-0.39, 0.29) is 0 Å². The fourth-order valence-electron chi connectivity index (χ4n) is 2.51. The first-order valence-corrected chi connectivity index (χ1v) is 7.46. The number of imidazole rings is 1. The Morgan fingerprint density at radius 3 is 2.36 bits per heavy atom. The molecule has 0 aliphatic rings. The molecule has 0 fully saturated rings. The van der Waals surface area contributed by atoms with Crippen molar-refractivity contribution in [1.29, 1.82) is 5.26 Å². The molecule has 0 spiro atoms. The number of benzene rings is 2. The molecule has 0 saturated heterocycles. The summed E-state index contributed by atoms with van der Waals surface area (Å²) in [5, 5.41) is 8.89. The Bertz CT molecular complexity index is 793. The highest BCUT2D eigenvalue weighted by molar-refractivity contribution is 5.67. The van der Waals surface area contributed by atoms with Gasteiger partial charge in [-0.2, -0.15) is 5.26 Å². The zero-order valence-electron chi connectivity index (χ0n) is 12.5. The van der Waals surface area contributed by atoms with E-state index in [1.807, 2.05) is 42.5 Å². The van der Waals surface area contributed by atoms with E-state index < -0.39 is 0 Å². The molecular formula is C19H17N3. The van der Waals surface area contributed by atoms with Gasteiger partial charge >= 0.3 is 0 Å². The lowest BCUT2D eigenvalue weighted by atomic mass is 10.1. The lowest BCUT2D eigenvalue weighted by Crippen LogP contribution is -1.87. The lowest BCUT2D eigenvalue weighted by Gasteiger charge is -2.00. The highest BCUT2D eigenvalue weighted by atomic mass is 14.9. The largest absolute Gasteiger partial charge is 0.338 e. The standard InChI is InChI=1S/C19H17N3/c1-2-6-17-18(15-7-4-3-5-8-15)22-19(21-17)16-11-9-14(13-20)10-12-16/h3-5,7-12H,2,6H2,1H3,(H,21,22). The van der Waals surface area contributed by atoms with Gasteiger partial charge in [0.05, 0.1) is 23.0 Å². The molecule has 0 bridgehead atoms. The normalized spacial score (nSPS) is 10.4. The SMILES string of the molecule is CCCc1nc(-c2ccc(C#N)cc2)[nH]c1-c1ccccc1. The number of aromatic amines is 1. The Hall–Kier alpha value is -2.86. The smallest absolute Gasteiger partial charge is 0.138 e. The molecule has 3 nitrogen and oxygen atoms in total. The van der Waals surface area contributed by atoms with Crippen molar-refractivity contribution in [2.45, 2.75) is 19.8 Å². The van der Waals surface area contributed by atoms with Crippen molar-refractivity contribution in [2.24, 2.45) is 0 Å². The van der Waals surface area contributed by atoms with Crippen molar-refractivity contribution in [2.75, 3.05) is 0 Å². The predicted octanol–water partition coefficient (Wildman–Crippen LogP) is 4.57. The third-order valence-electron chi connectivity index (χ3n) is 3.62. The van der Waals surface area contributed by atoms with Gasteiger partial charge in [0, 0.05) is 5.56 Å². The third kappa shape index (κ3) is 2.77. The van der Waals surface area contributed by atoms with Gasteiger partial charge in [0.2, 0.25) is 0 Å². The number of H-pyrrole nitrogens is 1. The van der Waals surface area contributed by atoms with Gasteiger partial charge in [-0.25, -0.2) is 4.98 Å². The van der Waals surface area contributed by atoms with E-state index in [9.17, 15) is 0 Å². The van der Waals surface area contributed by atoms with E-state index in [1.165, 1.54) is 0 Å². The van der Waals surface area contributed by atoms with Crippen LogP contribution in [0.1, 0.15) is 24.6 Å². The highest BCUT2D eigenvalue weighted by Gasteiger charge is 2.12. The maximum atomic E-state index is 8.89. The first-order valence-electron chi connectivity index (χ1n) is 7.46. The van der Waals surface area contributed by atoms with E-state index >= 15 is 0 Å². The molecule has 0 unspecified atom stereocenters. The molecule has 1 aromatic heterocycles. The van der Waals surface area contributed by atoms with E-state index in [4.69, 9.17) is 10.2 Å². The van der Waals surface area contributed by atoms with Crippen molar-refractivity contribution < 1.29 is 0 Å².